The van der Waals surface area contributed by atoms with E-state index in [0.717, 1.165) is 0 Å². The van der Waals surface area contributed by atoms with Crippen LogP contribution in [0.1, 0.15) is 44.4 Å². The molecular weight excluding hydrogens is 532 g/mol. The fourth-order valence-electron chi connectivity index (χ4n) is 7.34. The average Bonchev–Trinajstić information content (AvgIpc) is 3.58. The second-order valence-electron chi connectivity index (χ2n) is 13.0. The van der Waals surface area contributed by atoms with Crippen molar-refractivity contribution in [3.63, 3.8) is 0 Å². The number of benzene rings is 6. The van der Waals surface area contributed by atoms with Crippen LogP contribution in [0.25, 0.3) is 49.3 Å². The zero-order valence-corrected chi connectivity index (χ0v) is 25.8. The van der Waals surface area contributed by atoms with E-state index in [9.17, 15) is 0 Å². The summed E-state index contributed by atoms with van der Waals surface area (Å²) < 4.78 is 4.89. The molecule has 0 saturated heterocycles. The smallest absolute Gasteiger partial charge is 0.0646 e. The summed E-state index contributed by atoms with van der Waals surface area (Å²) in [5.41, 5.74) is 9.74. The summed E-state index contributed by atoms with van der Waals surface area (Å²) in [5, 5.41) is 5.18. The zero-order valence-electron chi connectivity index (χ0n) is 25.8. The molecule has 0 unspecified atom stereocenters. The first-order valence-corrected chi connectivity index (χ1v) is 15.5. The highest BCUT2D eigenvalue weighted by Gasteiger charge is 2.29. The van der Waals surface area contributed by atoms with Gasteiger partial charge in [0.2, 0.25) is 0 Å². The Kier molecular flexibility index (Phi) is 5.86. The maximum Gasteiger partial charge on any atom is 0.0646 e. The number of nitrogens with zero attached hydrogens (tertiary/aromatic N) is 2. The molecular formula is C42H36N2. The molecule has 0 aliphatic rings. The highest BCUT2D eigenvalue weighted by Crippen LogP contribution is 2.39. The summed E-state index contributed by atoms with van der Waals surface area (Å²) in [5.74, 6) is 0. The SMILES string of the molecule is CC(C)(c1ccc(-n2c3ccccc3c3ccccc32)cc1)c1ccc(C(C)(C)n2c3ccccc3c3ccccc32)cc1. The lowest BCUT2D eigenvalue weighted by atomic mass is 9.77. The van der Waals surface area contributed by atoms with Gasteiger partial charge in [-0.3, -0.25) is 0 Å². The van der Waals surface area contributed by atoms with E-state index in [-0.39, 0.29) is 11.0 Å². The van der Waals surface area contributed by atoms with Crippen LogP contribution < -0.4 is 0 Å². The minimum Gasteiger partial charge on any atom is -0.331 e. The summed E-state index contributed by atoms with van der Waals surface area (Å²) in [7, 11) is 0. The lowest BCUT2D eigenvalue weighted by Gasteiger charge is -2.32. The molecule has 6 aromatic carbocycles. The van der Waals surface area contributed by atoms with Gasteiger partial charge in [-0.2, -0.15) is 0 Å². The van der Waals surface area contributed by atoms with E-state index < -0.39 is 0 Å². The normalized spacial score (nSPS) is 12.5. The fourth-order valence-corrected chi connectivity index (χ4v) is 7.34. The van der Waals surface area contributed by atoms with Gasteiger partial charge in [0, 0.05) is 43.7 Å². The topological polar surface area (TPSA) is 9.86 Å². The van der Waals surface area contributed by atoms with Gasteiger partial charge in [0.05, 0.1) is 16.6 Å². The van der Waals surface area contributed by atoms with E-state index >= 15 is 0 Å². The monoisotopic (exact) mass is 568 g/mol. The number of hydrogen-bond acceptors (Lipinski definition) is 0. The van der Waals surface area contributed by atoms with Gasteiger partial charge in [0.25, 0.3) is 0 Å². The highest BCUT2D eigenvalue weighted by molar-refractivity contribution is 6.09. The Bertz CT molecular complexity index is 2200. The van der Waals surface area contributed by atoms with Gasteiger partial charge >= 0.3 is 0 Å². The van der Waals surface area contributed by atoms with Crippen molar-refractivity contribution in [2.75, 3.05) is 0 Å². The molecule has 2 nitrogen and oxygen atoms in total. The zero-order chi connectivity index (χ0) is 30.1. The number of hydrogen-bond donors (Lipinski definition) is 0. The Morgan fingerprint density at radius 2 is 0.705 bits per heavy atom. The number of fused-ring (bicyclic) bond motifs is 6. The second kappa shape index (κ2) is 9.72. The first-order chi connectivity index (χ1) is 21.4. The van der Waals surface area contributed by atoms with Gasteiger partial charge in [-0.25, -0.2) is 0 Å². The lowest BCUT2D eigenvalue weighted by molar-refractivity contribution is 0.464. The Hall–Kier alpha value is -5.08. The quantitative estimate of drug-likeness (QED) is 0.195. The first-order valence-electron chi connectivity index (χ1n) is 15.5. The molecule has 0 fully saturated rings. The van der Waals surface area contributed by atoms with E-state index in [4.69, 9.17) is 0 Å². The van der Waals surface area contributed by atoms with Gasteiger partial charge in [0.1, 0.15) is 0 Å². The minimum atomic E-state index is -0.227. The third-order valence-electron chi connectivity index (χ3n) is 9.88. The van der Waals surface area contributed by atoms with Crippen molar-refractivity contribution in [1.29, 1.82) is 0 Å². The Morgan fingerprint density at radius 1 is 0.364 bits per heavy atom. The van der Waals surface area contributed by atoms with E-state index in [1.54, 1.807) is 0 Å². The summed E-state index contributed by atoms with van der Waals surface area (Å²) >= 11 is 0. The van der Waals surface area contributed by atoms with Crippen molar-refractivity contribution in [3.05, 3.63) is 162 Å². The van der Waals surface area contributed by atoms with E-state index in [0.29, 0.717) is 0 Å². The molecule has 2 heteroatoms. The number of aromatic nitrogens is 2. The molecule has 44 heavy (non-hydrogen) atoms. The molecule has 2 aromatic heterocycles. The molecule has 214 valence electrons. The van der Waals surface area contributed by atoms with Crippen molar-refractivity contribution < 1.29 is 0 Å². The standard InChI is InChI=1S/C42H36N2/c1-41(2,30-25-27-32(28-26-30)43-37-17-9-5-13-33(37)34-14-6-10-18-38(34)43)29-21-23-31(24-22-29)42(3,4)44-39-19-11-7-15-35(39)36-16-8-12-20-40(36)44/h5-28H,1-4H3. The molecule has 0 saturated carbocycles. The first kappa shape index (κ1) is 26.5. The molecule has 0 spiro atoms. The van der Waals surface area contributed by atoms with Crippen LogP contribution in [0.4, 0.5) is 0 Å². The lowest BCUT2D eigenvalue weighted by Crippen LogP contribution is -2.28. The van der Waals surface area contributed by atoms with E-state index in [1.807, 2.05) is 0 Å². The maximum atomic E-state index is 2.51. The molecule has 0 bridgehead atoms. The van der Waals surface area contributed by atoms with Crippen molar-refractivity contribution in [2.24, 2.45) is 0 Å². The van der Waals surface area contributed by atoms with Crippen molar-refractivity contribution in [1.82, 2.24) is 9.13 Å². The number of rotatable bonds is 5. The van der Waals surface area contributed by atoms with Crippen molar-refractivity contribution in [2.45, 2.75) is 38.6 Å². The Labute approximate surface area is 258 Å². The Morgan fingerprint density at radius 3 is 1.16 bits per heavy atom. The maximum absolute atomic E-state index is 2.51. The third kappa shape index (κ3) is 3.87. The van der Waals surface area contributed by atoms with Gasteiger partial charge in [-0.15, -0.1) is 0 Å². The van der Waals surface area contributed by atoms with Gasteiger partial charge in [0.15, 0.2) is 0 Å². The molecule has 0 aliphatic carbocycles. The van der Waals surface area contributed by atoms with Crippen LogP contribution >= 0.6 is 0 Å². The van der Waals surface area contributed by atoms with Crippen LogP contribution in [-0.4, -0.2) is 9.13 Å². The molecule has 8 aromatic rings. The number of para-hydroxylation sites is 4. The minimum absolute atomic E-state index is 0.144. The van der Waals surface area contributed by atoms with E-state index in [2.05, 4.69) is 182 Å². The average molecular weight is 569 g/mol. The molecule has 0 amide bonds. The molecule has 8 rings (SSSR count). The summed E-state index contributed by atoms with van der Waals surface area (Å²) in [4.78, 5) is 0. The van der Waals surface area contributed by atoms with Crippen LogP contribution in [0.2, 0.25) is 0 Å². The van der Waals surface area contributed by atoms with Crippen molar-refractivity contribution >= 4 is 43.6 Å². The predicted molar refractivity (Wildman–Crippen MR) is 187 cm³/mol. The summed E-state index contributed by atoms with van der Waals surface area (Å²) in [6, 6.07) is 53.4. The molecule has 2 heterocycles. The van der Waals surface area contributed by atoms with Crippen LogP contribution in [0.15, 0.2) is 146 Å². The van der Waals surface area contributed by atoms with Gasteiger partial charge < -0.3 is 9.13 Å². The largest absolute Gasteiger partial charge is 0.331 e. The van der Waals surface area contributed by atoms with E-state index in [1.165, 1.54) is 66.0 Å². The molecule has 0 atom stereocenters. The molecule has 0 radical (unpaired) electrons. The summed E-state index contributed by atoms with van der Waals surface area (Å²) in [6.07, 6.45) is 0. The Balaban J connectivity index is 1.15. The molecule has 0 N–H and O–H groups in total. The van der Waals surface area contributed by atoms with Crippen LogP contribution in [-0.2, 0) is 11.0 Å². The third-order valence-corrected chi connectivity index (χ3v) is 9.88. The van der Waals surface area contributed by atoms with Crippen LogP contribution in [0.5, 0.6) is 0 Å². The highest BCUT2D eigenvalue weighted by atomic mass is 15.1. The van der Waals surface area contributed by atoms with Gasteiger partial charge in [-0.1, -0.05) is 123 Å². The van der Waals surface area contributed by atoms with Crippen LogP contribution in [0.3, 0.4) is 0 Å². The second-order valence-corrected chi connectivity index (χ2v) is 13.0. The summed E-state index contributed by atoms with van der Waals surface area (Å²) in [6.45, 7) is 9.32. The van der Waals surface area contributed by atoms with Crippen LogP contribution in [0, 0.1) is 0 Å². The predicted octanol–water partition coefficient (Wildman–Crippen LogP) is 11.0. The fraction of sp³-hybridized carbons (Fsp3) is 0.143. The van der Waals surface area contributed by atoms with Crippen molar-refractivity contribution in [3.8, 4) is 5.69 Å². The van der Waals surface area contributed by atoms with Gasteiger partial charge in [-0.05, 0) is 66.9 Å². The molecule has 0 aliphatic heterocycles.